The first kappa shape index (κ1) is 28.5. The average Bonchev–Trinajstić information content (AvgIpc) is 3.68. The maximum Gasteiger partial charge on any atom is 0.418 e. The number of aliphatic hydroxyl groups is 1. The number of hydrogen-bond donors (Lipinski definition) is 2. The normalized spacial score (nSPS) is 17.1. The number of hydrogen-bond acceptors (Lipinski definition) is 6. The van der Waals surface area contributed by atoms with E-state index in [2.05, 4.69) is 15.5 Å². The fourth-order valence-electron chi connectivity index (χ4n) is 5.92. The molecule has 0 radical (unpaired) electrons. The van der Waals surface area contributed by atoms with Gasteiger partial charge in [-0.1, -0.05) is 24.3 Å². The minimum Gasteiger partial charge on any atom is -0.389 e. The fraction of sp³-hybridized carbons (Fsp3) is 0.375. The third-order valence-electron chi connectivity index (χ3n) is 8.88. The van der Waals surface area contributed by atoms with Gasteiger partial charge < -0.3 is 15.0 Å². The number of alkyl halides is 3. The lowest BCUT2D eigenvalue weighted by atomic mass is 9.80. The number of fused-ring (bicyclic) bond motifs is 1. The standard InChI is InChI=1S/C32H32F3N7O2/c1-19(36-17-31(44)10-5-11-31)22-12-25(32(33,34)35)27-16-42(30(43)41(27)15-22)28-14-21(13-26(38-28)20-8-9-20)23-6-3-4-7-24(23)29-39-37-18-40(29)2/h3-4,6-7,12-16,18-20,36,44H,5,8-11,17H2,1-2H3/t19-/m1/s1. The van der Waals surface area contributed by atoms with Gasteiger partial charge >= 0.3 is 11.9 Å². The molecule has 1 atom stereocenters. The summed E-state index contributed by atoms with van der Waals surface area (Å²) in [5.74, 6) is 1.13. The molecule has 228 valence electrons. The van der Waals surface area contributed by atoms with Crippen molar-refractivity contribution in [1.82, 2.24) is 34.0 Å². The molecule has 9 nitrogen and oxygen atoms in total. The summed E-state index contributed by atoms with van der Waals surface area (Å²) in [7, 11) is 1.85. The molecule has 0 amide bonds. The molecule has 5 aromatic rings. The minimum absolute atomic E-state index is 0.221. The van der Waals surface area contributed by atoms with Crippen molar-refractivity contribution in [2.45, 2.75) is 62.8 Å². The number of imidazole rings is 1. The van der Waals surface area contributed by atoms with Crippen LogP contribution >= 0.6 is 0 Å². The van der Waals surface area contributed by atoms with E-state index in [1.54, 1.807) is 19.3 Å². The van der Waals surface area contributed by atoms with Crippen molar-refractivity contribution in [3.8, 4) is 28.3 Å². The fourth-order valence-corrected chi connectivity index (χ4v) is 5.92. The minimum atomic E-state index is -4.70. The number of nitrogens with zero attached hydrogens (tertiary/aromatic N) is 6. The van der Waals surface area contributed by atoms with E-state index in [1.807, 2.05) is 41.9 Å². The Kier molecular flexibility index (Phi) is 6.74. The first-order valence-corrected chi connectivity index (χ1v) is 14.8. The molecule has 2 saturated carbocycles. The molecule has 12 heteroatoms. The van der Waals surface area contributed by atoms with Crippen molar-refractivity contribution in [2.75, 3.05) is 6.54 Å². The van der Waals surface area contributed by atoms with Gasteiger partial charge in [0, 0.05) is 49.2 Å². The topological polar surface area (TPSA) is 102 Å². The lowest BCUT2D eigenvalue weighted by Crippen LogP contribution is -2.46. The van der Waals surface area contributed by atoms with Crippen molar-refractivity contribution in [3.05, 3.63) is 88.5 Å². The molecule has 2 fully saturated rings. The van der Waals surface area contributed by atoms with Crippen molar-refractivity contribution < 1.29 is 18.3 Å². The Morgan fingerprint density at radius 1 is 1.11 bits per heavy atom. The summed E-state index contributed by atoms with van der Waals surface area (Å²) in [5.41, 5.74) is 0.888. The summed E-state index contributed by atoms with van der Waals surface area (Å²) in [6.45, 7) is 1.99. The Hall–Kier alpha value is -4.29. The maximum absolute atomic E-state index is 14.4. The van der Waals surface area contributed by atoms with Crippen LogP contribution in [0.4, 0.5) is 13.2 Å². The van der Waals surface area contributed by atoms with E-state index in [0.29, 0.717) is 24.2 Å². The van der Waals surface area contributed by atoms with Gasteiger partial charge in [0.25, 0.3) is 0 Å². The summed E-state index contributed by atoms with van der Waals surface area (Å²) < 4.78 is 47.3. The van der Waals surface area contributed by atoms with E-state index in [9.17, 15) is 23.1 Å². The van der Waals surface area contributed by atoms with Gasteiger partial charge in [0.1, 0.15) is 12.1 Å². The van der Waals surface area contributed by atoms with Gasteiger partial charge in [0.05, 0.1) is 16.7 Å². The van der Waals surface area contributed by atoms with Crippen molar-refractivity contribution in [1.29, 1.82) is 0 Å². The highest BCUT2D eigenvalue weighted by molar-refractivity contribution is 5.81. The molecule has 4 aromatic heterocycles. The highest BCUT2D eigenvalue weighted by Crippen LogP contribution is 2.42. The summed E-state index contributed by atoms with van der Waals surface area (Å²) in [6, 6.07) is 12.0. The average molecular weight is 604 g/mol. The predicted molar refractivity (Wildman–Crippen MR) is 158 cm³/mol. The Balaban J connectivity index is 1.35. The van der Waals surface area contributed by atoms with Crippen molar-refractivity contribution in [2.24, 2.45) is 7.05 Å². The second-order valence-electron chi connectivity index (χ2n) is 12.1. The van der Waals surface area contributed by atoms with E-state index < -0.39 is 29.1 Å². The van der Waals surface area contributed by atoms with Gasteiger partial charge in [-0.25, -0.2) is 9.78 Å². The number of aryl methyl sites for hydroxylation is 1. The number of pyridine rings is 2. The van der Waals surface area contributed by atoms with Crippen LogP contribution in [0.5, 0.6) is 0 Å². The summed E-state index contributed by atoms with van der Waals surface area (Å²) in [5, 5.41) is 21.9. The molecule has 7 rings (SSSR count). The number of nitrogens with one attached hydrogen (secondary N) is 1. The van der Waals surface area contributed by atoms with Crippen LogP contribution in [0.25, 0.3) is 33.8 Å². The van der Waals surface area contributed by atoms with Crippen molar-refractivity contribution >= 4 is 5.52 Å². The SMILES string of the molecule is C[C@@H](NCC1(O)CCC1)c1cc(C(F)(F)F)c2cn(-c3cc(-c4ccccc4-c4nncn4C)cc(C4CC4)n3)c(=O)n2c1. The first-order valence-electron chi connectivity index (χ1n) is 14.8. The zero-order chi connectivity index (χ0) is 30.8. The Labute approximate surface area is 251 Å². The molecular weight excluding hydrogens is 571 g/mol. The number of benzene rings is 1. The second-order valence-corrected chi connectivity index (χ2v) is 12.1. The molecule has 0 aliphatic heterocycles. The quantitative estimate of drug-likeness (QED) is 0.246. The molecule has 2 aliphatic carbocycles. The second kappa shape index (κ2) is 10.4. The summed E-state index contributed by atoms with van der Waals surface area (Å²) in [6.07, 6.45) is 3.72. The third-order valence-corrected chi connectivity index (χ3v) is 8.88. The van der Waals surface area contributed by atoms with Crippen LogP contribution in [-0.4, -0.2) is 46.0 Å². The highest BCUT2D eigenvalue weighted by Gasteiger charge is 2.37. The lowest BCUT2D eigenvalue weighted by molar-refractivity contribution is -0.136. The number of rotatable bonds is 8. The Morgan fingerprint density at radius 3 is 2.50 bits per heavy atom. The largest absolute Gasteiger partial charge is 0.418 e. The van der Waals surface area contributed by atoms with Gasteiger partial charge in [-0.05, 0) is 73.9 Å². The van der Waals surface area contributed by atoms with Crippen LogP contribution < -0.4 is 11.0 Å². The lowest BCUT2D eigenvalue weighted by Gasteiger charge is -2.37. The third kappa shape index (κ3) is 5.11. The zero-order valence-corrected chi connectivity index (χ0v) is 24.3. The van der Waals surface area contributed by atoms with E-state index in [4.69, 9.17) is 4.98 Å². The van der Waals surface area contributed by atoms with Gasteiger partial charge in [-0.2, -0.15) is 13.2 Å². The number of halogens is 3. The van der Waals surface area contributed by atoms with Crippen LogP contribution in [0.1, 0.15) is 67.8 Å². The predicted octanol–water partition coefficient (Wildman–Crippen LogP) is 5.41. The molecule has 0 spiro atoms. The molecule has 0 saturated heterocycles. The molecule has 0 unspecified atom stereocenters. The smallest absolute Gasteiger partial charge is 0.389 e. The molecule has 1 aromatic carbocycles. The van der Waals surface area contributed by atoms with E-state index in [1.165, 1.54) is 17.0 Å². The van der Waals surface area contributed by atoms with Gasteiger partial charge in [0.2, 0.25) is 0 Å². The van der Waals surface area contributed by atoms with Crippen molar-refractivity contribution in [3.63, 3.8) is 0 Å². The van der Waals surface area contributed by atoms with Gasteiger partial charge in [-0.15, -0.1) is 10.2 Å². The van der Waals surface area contributed by atoms with Gasteiger partial charge in [0.15, 0.2) is 5.82 Å². The summed E-state index contributed by atoms with van der Waals surface area (Å²) >= 11 is 0. The van der Waals surface area contributed by atoms with Crippen LogP contribution in [0.15, 0.2) is 66.0 Å². The van der Waals surface area contributed by atoms with Crippen LogP contribution in [0, 0.1) is 0 Å². The van der Waals surface area contributed by atoms with Crippen LogP contribution in [-0.2, 0) is 13.2 Å². The molecule has 2 aliphatic rings. The molecular formula is C32H32F3N7O2. The van der Waals surface area contributed by atoms with Gasteiger partial charge in [-0.3, -0.25) is 8.97 Å². The molecule has 0 bridgehead atoms. The zero-order valence-electron chi connectivity index (χ0n) is 24.3. The molecule has 44 heavy (non-hydrogen) atoms. The van der Waals surface area contributed by atoms with Crippen LogP contribution in [0.2, 0.25) is 0 Å². The molecule has 2 N–H and O–H groups in total. The number of aromatic nitrogens is 6. The maximum atomic E-state index is 14.4. The van der Waals surface area contributed by atoms with E-state index in [-0.39, 0.29) is 23.8 Å². The Morgan fingerprint density at radius 2 is 1.86 bits per heavy atom. The summed E-state index contributed by atoms with van der Waals surface area (Å²) in [4.78, 5) is 18.6. The highest BCUT2D eigenvalue weighted by atomic mass is 19.4. The van der Waals surface area contributed by atoms with E-state index >= 15 is 0 Å². The molecule has 4 heterocycles. The van der Waals surface area contributed by atoms with Crippen LogP contribution in [0.3, 0.4) is 0 Å². The first-order chi connectivity index (χ1) is 21.0. The Bertz CT molecular complexity index is 1930. The monoisotopic (exact) mass is 603 g/mol. The van der Waals surface area contributed by atoms with E-state index in [0.717, 1.165) is 52.1 Å².